The summed E-state index contributed by atoms with van der Waals surface area (Å²) in [4.78, 5) is 16.6. The molecule has 0 bridgehead atoms. The van der Waals surface area contributed by atoms with Crippen LogP contribution < -0.4 is 0 Å². The first-order valence-corrected chi connectivity index (χ1v) is 9.23. The highest BCUT2D eigenvalue weighted by Crippen LogP contribution is 2.33. The normalized spacial score (nSPS) is 29.3. The summed E-state index contributed by atoms with van der Waals surface area (Å²) in [6.07, 6.45) is 4.66. The van der Waals surface area contributed by atoms with Crippen molar-refractivity contribution in [3.63, 3.8) is 0 Å². The van der Waals surface area contributed by atoms with Gasteiger partial charge in [-0.1, -0.05) is 5.16 Å². The summed E-state index contributed by atoms with van der Waals surface area (Å²) in [5.41, 5.74) is 0.891. The predicted molar refractivity (Wildman–Crippen MR) is 88.3 cm³/mol. The van der Waals surface area contributed by atoms with Gasteiger partial charge in [0.1, 0.15) is 5.76 Å². The van der Waals surface area contributed by atoms with Crippen molar-refractivity contribution in [1.29, 1.82) is 0 Å². The summed E-state index contributed by atoms with van der Waals surface area (Å²) >= 11 is 0. The molecular formula is C18H27N3O3. The van der Waals surface area contributed by atoms with Crippen molar-refractivity contribution in [3.8, 4) is 0 Å². The van der Waals surface area contributed by atoms with Crippen LogP contribution >= 0.6 is 0 Å². The fourth-order valence-corrected chi connectivity index (χ4v) is 4.20. The summed E-state index contributed by atoms with van der Waals surface area (Å²) in [5.74, 6) is 1.77. The second-order valence-corrected chi connectivity index (χ2v) is 7.75. The molecule has 1 N–H and O–H groups in total. The monoisotopic (exact) mass is 333 g/mol. The molecule has 3 fully saturated rings. The van der Waals surface area contributed by atoms with Crippen LogP contribution in [0.2, 0.25) is 0 Å². The van der Waals surface area contributed by atoms with Crippen LogP contribution in [0.1, 0.15) is 37.1 Å². The summed E-state index contributed by atoms with van der Waals surface area (Å²) < 4.78 is 5.30. The van der Waals surface area contributed by atoms with E-state index in [0.717, 1.165) is 69.7 Å². The number of carbonyl (C=O) groups is 1. The van der Waals surface area contributed by atoms with Crippen LogP contribution in [0, 0.1) is 18.8 Å². The lowest BCUT2D eigenvalue weighted by atomic mass is 10.00. The number of β-amino-alcohol motifs (C(OH)–C–C–N with tert-alkyl or cyclic N) is 1. The number of likely N-dealkylation sites (tertiary alicyclic amines) is 2. The Hall–Kier alpha value is -1.40. The largest absolute Gasteiger partial charge is 0.391 e. The lowest BCUT2D eigenvalue weighted by molar-refractivity contribution is -0.134. The molecule has 6 heteroatoms. The highest BCUT2D eigenvalue weighted by molar-refractivity contribution is 5.81. The Bertz CT molecular complexity index is 590. The molecule has 1 aromatic heterocycles. The van der Waals surface area contributed by atoms with Gasteiger partial charge in [-0.05, 0) is 32.6 Å². The van der Waals surface area contributed by atoms with Crippen molar-refractivity contribution < 1.29 is 14.4 Å². The first-order valence-electron chi connectivity index (χ1n) is 9.23. The van der Waals surface area contributed by atoms with E-state index in [4.69, 9.17) is 4.52 Å². The Morgan fingerprint density at radius 3 is 2.67 bits per heavy atom. The molecule has 1 saturated carbocycles. The number of aliphatic hydroxyl groups is 1. The number of nitrogens with zero attached hydrogens (tertiary/aromatic N) is 3. The molecule has 132 valence electrons. The maximum atomic E-state index is 12.2. The van der Waals surface area contributed by atoms with Gasteiger partial charge in [0.2, 0.25) is 5.91 Å². The first kappa shape index (κ1) is 16.1. The van der Waals surface area contributed by atoms with Gasteiger partial charge in [-0.3, -0.25) is 9.69 Å². The second-order valence-electron chi connectivity index (χ2n) is 7.75. The number of hydrogen-bond donors (Lipinski definition) is 1. The molecule has 3 aliphatic rings. The molecule has 1 aromatic rings. The first-order chi connectivity index (χ1) is 11.6. The third-order valence-corrected chi connectivity index (χ3v) is 5.79. The van der Waals surface area contributed by atoms with E-state index in [1.54, 1.807) is 0 Å². The maximum absolute atomic E-state index is 12.2. The molecule has 0 spiro atoms. The van der Waals surface area contributed by atoms with Crippen molar-refractivity contribution in [3.05, 3.63) is 17.5 Å². The second kappa shape index (κ2) is 6.48. The minimum atomic E-state index is -0.304. The van der Waals surface area contributed by atoms with E-state index < -0.39 is 0 Å². The molecule has 1 amide bonds. The zero-order valence-corrected chi connectivity index (χ0v) is 14.4. The smallest absolute Gasteiger partial charge is 0.225 e. The van der Waals surface area contributed by atoms with E-state index in [1.165, 1.54) is 0 Å². The lowest BCUT2D eigenvalue weighted by Crippen LogP contribution is -2.46. The number of aromatic nitrogens is 1. The van der Waals surface area contributed by atoms with Gasteiger partial charge in [0.15, 0.2) is 0 Å². The van der Waals surface area contributed by atoms with E-state index in [-0.39, 0.29) is 12.0 Å². The van der Waals surface area contributed by atoms with Gasteiger partial charge >= 0.3 is 0 Å². The van der Waals surface area contributed by atoms with Gasteiger partial charge in [-0.2, -0.15) is 0 Å². The predicted octanol–water partition coefficient (Wildman–Crippen LogP) is 1.22. The zero-order valence-electron chi connectivity index (χ0n) is 14.4. The number of amides is 1. The third kappa shape index (κ3) is 3.35. The van der Waals surface area contributed by atoms with Crippen molar-refractivity contribution in [2.45, 2.75) is 51.2 Å². The van der Waals surface area contributed by atoms with Crippen LogP contribution in [0.3, 0.4) is 0 Å². The Morgan fingerprint density at radius 1 is 1.29 bits per heavy atom. The summed E-state index contributed by atoms with van der Waals surface area (Å²) in [7, 11) is 0. The Morgan fingerprint density at radius 2 is 2.04 bits per heavy atom. The molecule has 2 saturated heterocycles. The number of carbonyl (C=O) groups excluding carboxylic acids is 1. The van der Waals surface area contributed by atoms with Gasteiger partial charge in [-0.15, -0.1) is 0 Å². The third-order valence-electron chi connectivity index (χ3n) is 5.79. The molecule has 0 radical (unpaired) electrons. The van der Waals surface area contributed by atoms with E-state index in [9.17, 15) is 9.90 Å². The summed E-state index contributed by atoms with van der Waals surface area (Å²) in [6, 6.07) is 2.45. The highest BCUT2D eigenvalue weighted by atomic mass is 16.5. The van der Waals surface area contributed by atoms with E-state index in [1.807, 2.05) is 13.0 Å². The Labute approximate surface area is 142 Å². The quantitative estimate of drug-likeness (QED) is 0.897. The van der Waals surface area contributed by atoms with Crippen molar-refractivity contribution in [2.24, 2.45) is 11.8 Å². The van der Waals surface area contributed by atoms with E-state index in [0.29, 0.717) is 17.9 Å². The average Bonchev–Trinajstić information content (AvgIpc) is 3.26. The van der Waals surface area contributed by atoms with Crippen molar-refractivity contribution in [1.82, 2.24) is 15.0 Å². The number of hydrogen-bond acceptors (Lipinski definition) is 5. The summed E-state index contributed by atoms with van der Waals surface area (Å²) in [5, 5.41) is 14.3. The number of rotatable bonds is 4. The van der Waals surface area contributed by atoms with Crippen LogP contribution in [0.25, 0.3) is 0 Å². The molecule has 4 rings (SSSR count). The molecular weight excluding hydrogens is 306 g/mol. The molecule has 6 nitrogen and oxygen atoms in total. The van der Waals surface area contributed by atoms with E-state index in [2.05, 4.69) is 15.0 Å². The molecule has 2 aliphatic heterocycles. The van der Waals surface area contributed by atoms with Gasteiger partial charge < -0.3 is 14.5 Å². The van der Waals surface area contributed by atoms with Crippen LogP contribution in [0.4, 0.5) is 0 Å². The minimum Gasteiger partial charge on any atom is -0.391 e. The topological polar surface area (TPSA) is 69.8 Å². The SMILES string of the molecule is Cc1cc(C[C@@H]2CN(C3CCN(C(=O)C4CC4)CC3)C[C@H]2O)on1. The molecule has 3 heterocycles. The fraction of sp³-hybridized carbons (Fsp3) is 0.778. The summed E-state index contributed by atoms with van der Waals surface area (Å²) in [6.45, 7) is 5.30. The van der Waals surface area contributed by atoms with Gasteiger partial charge in [-0.25, -0.2) is 0 Å². The van der Waals surface area contributed by atoms with Gasteiger partial charge in [0, 0.05) is 56.5 Å². The maximum Gasteiger partial charge on any atom is 0.225 e. The van der Waals surface area contributed by atoms with Crippen molar-refractivity contribution >= 4 is 5.91 Å². The number of piperidine rings is 1. The van der Waals surface area contributed by atoms with E-state index >= 15 is 0 Å². The number of aryl methyl sites for hydroxylation is 1. The number of aliphatic hydroxyl groups excluding tert-OH is 1. The molecule has 0 unspecified atom stereocenters. The van der Waals surface area contributed by atoms with Crippen LogP contribution in [0.5, 0.6) is 0 Å². The van der Waals surface area contributed by atoms with Crippen molar-refractivity contribution in [2.75, 3.05) is 26.2 Å². The Balaban J connectivity index is 1.29. The van der Waals surface area contributed by atoms with Gasteiger partial charge in [0.05, 0.1) is 11.8 Å². The van der Waals surface area contributed by atoms with Gasteiger partial charge in [0.25, 0.3) is 0 Å². The molecule has 24 heavy (non-hydrogen) atoms. The van der Waals surface area contributed by atoms with Crippen LogP contribution in [-0.4, -0.2) is 64.3 Å². The van der Waals surface area contributed by atoms with Crippen LogP contribution in [0.15, 0.2) is 10.6 Å². The van der Waals surface area contributed by atoms with Crippen LogP contribution in [-0.2, 0) is 11.2 Å². The Kier molecular flexibility index (Phi) is 4.35. The highest BCUT2D eigenvalue weighted by Gasteiger charge is 2.39. The average molecular weight is 333 g/mol. The lowest BCUT2D eigenvalue weighted by Gasteiger charge is -2.37. The fourth-order valence-electron chi connectivity index (χ4n) is 4.20. The minimum absolute atomic E-state index is 0.212. The molecule has 0 aromatic carbocycles. The molecule has 1 aliphatic carbocycles. The molecule has 2 atom stereocenters. The standard InChI is InChI=1S/C18H27N3O3/c1-12-8-16(24-19-12)9-14-10-21(11-17(14)22)15-4-6-20(7-5-15)18(23)13-2-3-13/h8,13-15,17,22H,2-7,9-11H2,1H3/t14-,17-/m1/s1. The zero-order chi connectivity index (χ0) is 16.7.